The normalized spacial score (nSPS) is 18.4. The molecule has 356 valence electrons. The monoisotopic (exact) mass is 1090 g/mol. The van der Waals surface area contributed by atoms with Crippen LogP contribution in [-0.2, 0) is 53.9 Å². The van der Waals surface area contributed by atoms with Gasteiger partial charge in [0.1, 0.15) is 23.2 Å². The summed E-state index contributed by atoms with van der Waals surface area (Å²) >= 11 is 9.65. The molecule has 14 nitrogen and oxygen atoms in total. The Labute approximate surface area is 421 Å². The number of nitrogen functional groups attached to an aromatic ring is 2. The fourth-order valence-electron chi connectivity index (χ4n) is 7.88. The molecule has 0 radical (unpaired) electrons. The number of ketones is 2. The van der Waals surface area contributed by atoms with Gasteiger partial charge >= 0.3 is 14.0 Å². The number of rotatable bonds is 4. The molecule has 20 heteroatoms. The minimum Gasteiger partial charge on any atom is -0.405 e. The van der Waals surface area contributed by atoms with Gasteiger partial charge in [-0.3, -0.25) is 19.2 Å². The summed E-state index contributed by atoms with van der Waals surface area (Å²) < 4.78 is 27.4. The molecule has 2 amide bonds. The number of amides is 2. The van der Waals surface area contributed by atoms with Gasteiger partial charge in [0, 0.05) is 58.2 Å². The zero-order valence-electron chi connectivity index (χ0n) is 39.2. The lowest BCUT2D eigenvalue weighted by atomic mass is 9.49. The van der Waals surface area contributed by atoms with Gasteiger partial charge in [0.2, 0.25) is 0 Å². The van der Waals surface area contributed by atoms with Crippen molar-refractivity contribution < 1.29 is 37.8 Å². The summed E-state index contributed by atoms with van der Waals surface area (Å²) in [5, 5.41) is 1.51. The first kappa shape index (κ1) is 51.3. The van der Waals surface area contributed by atoms with Gasteiger partial charge in [-0.1, -0.05) is 40.2 Å². The van der Waals surface area contributed by atoms with Gasteiger partial charge in [-0.15, -0.1) is 22.7 Å². The van der Waals surface area contributed by atoms with Crippen LogP contribution >= 0.6 is 54.5 Å². The molecule has 6 aromatic rings. The van der Waals surface area contributed by atoms with E-state index in [1.54, 1.807) is 0 Å². The maximum atomic E-state index is 11.6. The zero-order valence-corrected chi connectivity index (χ0v) is 44.0. The topological polar surface area (TPSA) is 235 Å². The average Bonchev–Trinajstić information content (AvgIpc) is 3.99. The molecule has 10 rings (SSSR count). The third kappa shape index (κ3) is 10.9. The summed E-state index contributed by atoms with van der Waals surface area (Å²) in [6.45, 7) is 16.2. The number of halogens is 2. The number of hydrogen-bond acceptors (Lipinski definition) is 14. The van der Waals surface area contributed by atoms with Gasteiger partial charge in [0.15, 0.2) is 0 Å². The molecule has 2 fully saturated rings. The fourth-order valence-corrected chi connectivity index (χ4v) is 11.1. The predicted octanol–water partition coefficient (Wildman–Crippen LogP) is 9.20. The Morgan fingerprint density at radius 3 is 1.49 bits per heavy atom. The number of thiophene rings is 2. The van der Waals surface area contributed by atoms with Crippen molar-refractivity contribution in [3.05, 3.63) is 103 Å². The van der Waals surface area contributed by atoms with Gasteiger partial charge in [0.05, 0.1) is 46.7 Å². The number of Topliss-reactive ketones (excluding diaryl/α,β-unsaturated/α-hetero) is 2. The number of primary amides is 2. The van der Waals surface area contributed by atoms with Crippen LogP contribution in [0.5, 0.6) is 0 Å². The van der Waals surface area contributed by atoms with Crippen LogP contribution in [0, 0.1) is 0 Å². The lowest BCUT2D eigenvalue weighted by Crippen LogP contribution is -2.41. The predicted molar refractivity (Wildman–Crippen MR) is 279 cm³/mol. The zero-order chi connectivity index (χ0) is 49.7. The number of aromatic nitrogens is 2. The van der Waals surface area contributed by atoms with E-state index in [1.807, 2.05) is 91.8 Å². The van der Waals surface area contributed by atoms with Crippen LogP contribution in [-0.4, -0.2) is 69.8 Å². The van der Waals surface area contributed by atoms with E-state index in [0.29, 0.717) is 60.0 Å². The SMILES string of the molecule is CC1(C)OB(B2OC(C)(C)C(C)(C)O2)OC1(C)C.NC(=O)c1cnc(N)c2cc(-c3ccc4c(c3)CCC(=O)C4)sc12.NC(=O)c1cnc(N)c2cc(Br)sc12.O=C1CCc2cc(Br)ccc2C1. The lowest BCUT2D eigenvalue weighted by Gasteiger charge is -2.32. The van der Waals surface area contributed by atoms with Crippen LogP contribution in [0.3, 0.4) is 0 Å². The van der Waals surface area contributed by atoms with Gasteiger partial charge in [0.25, 0.3) is 11.8 Å². The van der Waals surface area contributed by atoms with Crippen LogP contribution < -0.4 is 22.9 Å². The summed E-state index contributed by atoms with van der Waals surface area (Å²) in [5.41, 5.74) is 27.5. The number of anilines is 2. The third-order valence-corrected chi connectivity index (χ3v) is 16.6. The number of fused-ring (bicyclic) bond motifs is 4. The van der Waals surface area contributed by atoms with Crippen molar-refractivity contribution in [1.82, 2.24) is 9.97 Å². The molecule has 4 aliphatic rings. The summed E-state index contributed by atoms with van der Waals surface area (Å²) in [6.07, 6.45) is 6.99. The molecule has 2 aliphatic heterocycles. The van der Waals surface area contributed by atoms with Crippen LogP contribution in [0.4, 0.5) is 11.6 Å². The van der Waals surface area contributed by atoms with E-state index in [4.69, 9.17) is 41.6 Å². The van der Waals surface area contributed by atoms with E-state index in [9.17, 15) is 19.2 Å². The third-order valence-electron chi connectivity index (χ3n) is 13.2. The molecule has 2 saturated heterocycles. The fraction of sp³-hybridized carbons (Fsp3) is 0.375. The van der Waals surface area contributed by atoms with E-state index in [1.165, 1.54) is 51.8 Å². The second-order valence-corrected chi connectivity index (χ2v) is 23.5. The number of carbonyl (C=O) groups is 4. The Bertz CT molecular complexity index is 2910. The van der Waals surface area contributed by atoms with Gasteiger partial charge in [-0.25, -0.2) is 9.97 Å². The Balaban J connectivity index is 0.000000139. The number of hydrogen-bond donors (Lipinski definition) is 4. The Kier molecular flexibility index (Phi) is 14.9. The van der Waals surface area contributed by atoms with Crippen molar-refractivity contribution in [1.29, 1.82) is 0 Å². The van der Waals surface area contributed by atoms with Crippen LogP contribution in [0.2, 0.25) is 0 Å². The second-order valence-electron chi connectivity index (χ2n) is 19.1. The highest BCUT2D eigenvalue weighted by molar-refractivity contribution is 9.11. The van der Waals surface area contributed by atoms with E-state index >= 15 is 0 Å². The quantitative estimate of drug-likeness (QED) is 0.121. The number of nitrogens with zero attached hydrogens (tertiary/aromatic N) is 2. The molecule has 2 aliphatic carbocycles. The summed E-state index contributed by atoms with van der Waals surface area (Å²) in [5.74, 6) is 0.460. The first-order valence-corrected chi connectivity index (χ1v) is 25.2. The molecule has 0 bridgehead atoms. The highest BCUT2D eigenvalue weighted by Crippen LogP contribution is 2.43. The lowest BCUT2D eigenvalue weighted by molar-refractivity contribution is -0.119. The van der Waals surface area contributed by atoms with Gasteiger partial charge in [-0.05, 0) is 136 Å². The Morgan fingerprint density at radius 2 is 1.01 bits per heavy atom. The number of aryl methyl sites for hydroxylation is 2. The maximum Gasteiger partial charge on any atom is 0.488 e. The molecular weight excluding hydrogens is 1030 g/mol. The van der Waals surface area contributed by atoms with Crippen molar-refractivity contribution in [2.24, 2.45) is 11.5 Å². The van der Waals surface area contributed by atoms with E-state index < -0.39 is 25.8 Å². The van der Waals surface area contributed by atoms with Crippen LogP contribution in [0.15, 0.2) is 69.2 Å². The molecule has 0 unspecified atom stereocenters. The smallest absolute Gasteiger partial charge is 0.405 e. The van der Waals surface area contributed by atoms with Crippen molar-refractivity contribution in [2.75, 3.05) is 11.5 Å². The summed E-state index contributed by atoms with van der Waals surface area (Å²) in [7, 11) is -0.952. The summed E-state index contributed by atoms with van der Waals surface area (Å²) in [4.78, 5) is 54.3. The highest BCUT2D eigenvalue weighted by atomic mass is 79.9. The first-order valence-electron chi connectivity index (χ1n) is 22.0. The number of carbonyl (C=O) groups excluding carboxylic acids is 4. The number of pyridine rings is 2. The minimum absolute atomic E-state index is 0.294. The van der Waals surface area contributed by atoms with Crippen LogP contribution in [0.1, 0.15) is 111 Å². The largest absolute Gasteiger partial charge is 0.488 e. The van der Waals surface area contributed by atoms with E-state index in [0.717, 1.165) is 57.3 Å². The molecule has 8 N–H and O–H groups in total. The molecule has 6 heterocycles. The van der Waals surface area contributed by atoms with Gasteiger partial charge in [-0.2, -0.15) is 0 Å². The van der Waals surface area contributed by atoms with E-state index in [2.05, 4.69) is 54.0 Å². The van der Waals surface area contributed by atoms with Crippen molar-refractivity contribution in [2.45, 2.75) is 116 Å². The van der Waals surface area contributed by atoms with Crippen molar-refractivity contribution in [3.8, 4) is 10.4 Å². The molecule has 0 spiro atoms. The molecule has 4 aromatic heterocycles. The second kappa shape index (κ2) is 19.7. The minimum atomic E-state index is -0.509. The molecular formula is C48H54B2Br2N6O8S2. The molecule has 2 aromatic carbocycles. The van der Waals surface area contributed by atoms with Gasteiger partial charge < -0.3 is 41.6 Å². The Morgan fingerprint density at radius 1 is 0.588 bits per heavy atom. The molecule has 0 saturated carbocycles. The van der Waals surface area contributed by atoms with Crippen LogP contribution in [0.25, 0.3) is 30.6 Å². The van der Waals surface area contributed by atoms with Crippen molar-refractivity contribution >= 4 is 124 Å². The molecule has 68 heavy (non-hydrogen) atoms. The Hall–Kier alpha value is -4.53. The number of nitrogens with two attached hydrogens (primary N) is 4. The molecule has 0 atom stereocenters. The first-order chi connectivity index (χ1) is 31.8. The standard InChI is InChI=1S/C18H15N3O2S.C12H24B2O4.C10H9BrO.C8H6BrN3OS/c19-17-13-7-15(24-16(13)14(8-21-17)18(20)23)11-2-1-10-6-12(22)4-3-9(10)5-11;1-9(2)10(3,4)16-13(15-9)14-17-11(5,6)12(7,8)18-14;11-9-3-1-8-6-10(12)4-2-7(8)5-9;9-5-1-3-6(14-5)4(8(11)13)2-12-7(3)10/h1-2,5,7-8H,3-4,6H2,(H2,19,21)(H2,20,23);1-8H3;1,3,5H,2,4,6H2;1-2H,(H2,10,12)(H2,11,13). The summed E-state index contributed by atoms with van der Waals surface area (Å²) in [6, 6.07) is 16.1. The maximum absolute atomic E-state index is 11.6. The van der Waals surface area contributed by atoms with Crippen molar-refractivity contribution in [3.63, 3.8) is 0 Å². The average molecular weight is 1090 g/mol. The number of benzene rings is 2. The highest BCUT2D eigenvalue weighted by Gasteiger charge is 2.63. The van der Waals surface area contributed by atoms with E-state index in [-0.39, 0.29) is 22.4 Å².